The van der Waals surface area contributed by atoms with Crippen molar-refractivity contribution in [2.45, 2.75) is 20.0 Å². The van der Waals surface area contributed by atoms with Crippen molar-refractivity contribution in [3.05, 3.63) is 70.5 Å². The van der Waals surface area contributed by atoms with Gasteiger partial charge in [0.1, 0.15) is 5.82 Å². The molecule has 0 spiro atoms. The van der Waals surface area contributed by atoms with Crippen LogP contribution in [0, 0.1) is 5.82 Å². The van der Waals surface area contributed by atoms with E-state index in [1.807, 2.05) is 12.1 Å². The number of carbonyl (C=O) groups excluding carboxylic acids is 2. The zero-order valence-electron chi connectivity index (χ0n) is 13.3. The second kappa shape index (κ2) is 8.45. The lowest BCUT2D eigenvalue weighted by atomic mass is 10.2. The van der Waals surface area contributed by atoms with Crippen molar-refractivity contribution >= 4 is 23.4 Å². The molecule has 2 rings (SSSR count). The molecule has 2 aromatic carbocycles. The smallest absolute Gasteiger partial charge is 0.239 e. The Hall–Kier alpha value is -2.40. The van der Waals surface area contributed by atoms with Gasteiger partial charge in [0.25, 0.3) is 0 Å². The molecule has 0 aliphatic carbocycles. The van der Waals surface area contributed by atoms with Crippen LogP contribution in [0.15, 0.2) is 48.5 Å². The van der Waals surface area contributed by atoms with Gasteiger partial charge in [0.15, 0.2) is 0 Å². The molecule has 126 valence electrons. The van der Waals surface area contributed by atoms with Gasteiger partial charge in [-0.2, -0.15) is 0 Å². The first-order valence-corrected chi connectivity index (χ1v) is 7.84. The Morgan fingerprint density at radius 2 is 1.71 bits per heavy atom. The molecule has 0 atom stereocenters. The molecular formula is C18H18ClFN2O2. The minimum absolute atomic E-state index is 0.0432. The lowest BCUT2D eigenvalue weighted by Gasteiger charge is -2.21. The average Bonchev–Trinajstić information content (AvgIpc) is 2.55. The highest BCUT2D eigenvalue weighted by molar-refractivity contribution is 6.31. The first kappa shape index (κ1) is 17.9. The number of rotatable bonds is 6. The lowest BCUT2D eigenvalue weighted by Crippen LogP contribution is -2.39. The van der Waals surface area contributed by atoms with Crippen molar-refractivity contribution in [3.8, 4) is 0 Å². The Kier molecular flexibility index (Phi) is 6.32. The number of carbonyl (C=O) groups is 2. The highest BCUT2D eigenvalue weighted by Crippen LogP contribution is 2.14. The van der Waals surface area contributed by atoms with Gasteiger partial charge in [-0.1, -0.05) is 48.0 Å². The summed E-state index contributed by atoms with van der Waals surface area (Å²) in [7, 11) is 0. The lowest BCUT2D eigenvalue weighted by molar-refractivity contribution is -0.135. The van der Waals surface area contributed by atoms with Crippen molar-refractivity contribution in [2.75, 3.05) is 6.54 Å². The largest absolute Gasteiger partial charge is 0.350 e. The van der Waals surface area contributed by atoms with Crippen molar-refractivity contribution in [2.24, 2.45) is 0 Å². The third kappa shape index (κ3) is 5.06. The summed E-state index contributed by atoms with van der Waals surface area (Å²) in [6, 6.07) is 13.4. The molecule has 0 saturated carbocycles. The summed E-state index contributed by atoms with van der Waals surface area (Å²) >= 11 is 6.03. The van der Waals surface area contributed by atoms with Crippen LogP contribution in [0.1, 0.15) is 18.1 Å². The van der Waals surface area contributed by atoms with Gasteiger partial charge in [0, 0.05) is 30.6 Å². The summed E-state index contributed by atoms with van der Waals surface area (Å²) in [4.78, 5) is 25.1. The Labute approximate surface area is 145 Å². The monoisotopic (exact) mass is 348 g/mol. The number of halogens is 2. The molecule has 0 aliphatic rings. The van der Waals surface area contributed by atoms with Crippen LogP contribution in [-0.2, 0) is 22.7 Å². The van der Waals surface area contributed by atoms with Crippen molar-refractivity contribution in [3.63, 3.8) is 0 Å². The van der Waals surface area contributed by atoms with Crippen LogP contribution in [-0.4, -0.2) is 23.3 Å². The molecule has 0 unspecified atom stereocenters. The van der Waals surface area contributed by atoms with Crippen LogP contribution >= 0.6 is 11.6 Å². The Bertz CT molecular complexity index is 736. The maximum absolute atomic E-state index is 13.7. The standard InChI is InChI=1S/C18H18ClFN2O2/c1-13(23)22(11-15-7-3-5-9-17(15)20)12-18(24)21-10-14-6-2-4-8-16(14)19/h2-9H,10-12H2,1H3,(H,21,24). The second-order valence-electron chi connectivity index (χ2n) is 5.33. The molecule has 4 nitrogen and oxygen atoms in total. The summed E-state index contributed by atoms with van der Waals surface area (Å²) in [6.45, 7) is 1.52. The van der Waals surface area contributed by atoms with E-state index in [4.69, 9.17) is 11.6 Å². The summed E-state index contributed by atoms with van der Waals surface area (Å²) in [5.74, 6) is -1.03. The molecule has 0 aromatic heterocycles. The molecule has 6 heteroatoms. The number of hydrogen-bond donors (Lipinski definition) is 1. The van der Waals surface area contributed by atoms with Gasteiger partial charge in [0.05, 0.1) is 6.54 Å². The summed E-state index contributed by atoms with van der Waals surface area (Å²) in [6.07, 6.45) is 0. The first-order chi connectivity index (χ1) is 11.5. The second-order valence-corrected chi connectivity index (χ2v) is 5.74. The van der Waals surface area contributed by atoms with Gasteiger partial charge in [-0.15, -0.1) is 0 Å². The Morgan fingerprint density at radius 3 is 2.33 bits per heavy atom. The predicted octanol–water partition coefficient (Wildman–Crippen LogP) is 3.14. The molecule has 0 fully saturated rings. The van der Waals surface area contributed by atoms with Crippen LogP contribution in [0.4, 0.5) is 4.39 Å². The normalized spacial score (nSPS) is 10.3. The Balaban J connectivity index is 1.95. The maximum Gasteiger partial charge on any atom is 0.239 e. The minimum atomic E-state index is -0.403. The third-order valence-electron chi connectivity index (χ3n) is 3.53. The number of nitrogens with one attached hydrogen (secondary N) is 1. The number of benzene rings is 2. The average molecular weight is 349 g/mol. The van der Waals surface area contributed by atoms with E-state index in [0.29, 0.717) is 10.6 Å². The van der Waals surface area contributed by atoms with E-state index in [9.17, 15) is 14.0 Å². The molecule has 24 heavy (non-hydrogen) atoms. The summed E-state index contributed by atoms with van der Waals surface area (Å²) in [5.41, 5.74) is 1.16. The molecule has 2 amide bonds. The fraction of sp³-hybridized carbons (Fsp3) is 0.222. The molecule has 0 saturated heterocycles. The van der Waals surface area contributed by atoms with Crippen molar-refractivity contribution in [1.29, 1.82) is 0 Å². The van der Waals surface area contributed by atoms with Crippen LogP contribution in [0.25, 0.3) is 0 Å². The Morgan fingerprint density at radius 1 is 1.08 bits per heavy atom. The van der Waals surface area contributed by atoms with E-state index in [-0.39, 0.29) is 31.4 Å². The predicted molar refractivity (Wildman–Crippen MR) is 90.8 cm³/mol. The quantitative estimate of drug-likeness (QED) is 0.871. The molecular weight excluding hydrogens is 331 g/mol. The van der Waals surface area contributed by atoms with Crippen LogP contribution in [0.2, 0.25) is 5.02 Å². The van der Waals surface area contributed by atoms with Gasteiger partial charge >= 0.3 is 0 Å². The van der Waals surface area contributed by atoms with E-state index in [1.54, 1.807) is 30.3 Å². The van der Waals surface area contributed by atoms with E-state index in [0.717, 1.165) is 5.56 Å². The maximum atomic E-state index is 13.7. The number of hydrogen-bond acceptors (Lipinski definition) is 2. The molecule has 0 aliphatic heterocycles. The van der Waals surface area contributed by atoms with Gasteiger partial charge in [0.2, 0.25) is 11.8 Å². The highest BCUT2D eigenvalue weighted by atomic mass is 35.5. The van der Waals surface area contributed by atoms with Crippen LogP contribution in [0.3, 0.4) is 0 Å². The zero-order valence-corrected chi connectivity index (χ0v) is 14.0. The van der Waals surface area contributed by atoms with Gasteiger partial charge < -0.3 is 10.2 Å². The third-order valence-corrected chi connectivity index (χ3v) is 3.90. The highest BCUT2D eigenvalue weighted by Gasteiger charge is 2.16. The fourth-order valence-corrected chi connectivity index (χ4v) is 2.38. The SMILES string of the molecule is CC(=O)N(CC(=O)NCc1ccccc1Cl)Cc1ccccc1F. The van der Waals surface area contributed by atoms with Crippen molar-refractivity contribution < 1.29 is 14.0 Å². The molecule has 0 radical (unpaired) electrons. The molecule has 2 aromatic rings. The topological polar surface area (TPSA) is 49.4 Å². The molecule has 1 N–H and O–H groups in total. The number of nitrogens with zero attached hydrogens (tertiary/aromatic N) is 1. The molecule has 0 bridgehead atoms. The van der Waals surface area contributed by atoms with E-state index < -0.39 is 5.82 Å². The van der Waals surface area contributed by atoms with E-state index >= 15 is 0 Å². The van der Waals surface area contributed by atoms with E-state index in [2.05, 4.69) is 5.32 Å². The van der Waals surface area contributed by atoms with Gasteiger partial charge in [-0.25, -0.2) is 4.39 Å². The van der Waals surface area contributed by atoms with Crippen LogP contribution in [0.5, 0.6) is 0 Å². The number of amides is 2. The summed E-state index contributed by atoms with van der Waals surface area (Å²) in [5, 5.41) is 3.28. The van der Waals surface area contributed by atoms with Gasteiger partial charge in [-0.3, -0.25) is 9.59 Å². The minimum Gasteiger partial charge on any atom is -0.350 e. The zero-order chi connectivity index (χ0) is 17.5. The van der Waals surface area contributed by atoms with E-state index in [1.165, 1.54) is 17.9 Å². The van der Waals surface area contributed by atoms with Crippen molar-refractivity contribution in [1.82, 2.24) is 10.2 Å². The first-order valence-electron chi connectivity index (χ1n) is 7.46. The molecule has 0 heterocycles. The summed E-state index contributed by atoms with van der Waals surface area (Å²) < 4.78 is 13.7. The van der Waals surface area contributed by atoms with Crippen LogP contribution < -0.4 is 5.32 Å². The van der Waals surface area contributed by atoms with Gasteiger partial charge in [-0.05, 0) is 17.7 Å². The fourth-order valence-electron chi connectivity index (χ4n) is 2.18.